The number of pyridine rings is 1. The number of nitrogens with two attached hydrogens (primary N) is 1. The molecule has 0 saturated heterocycles. The Morgan fingerprint density at radius 2 is 1.74 bits per heavy atom. The number of aryl methyl sites for hydroxylation is 1. The number of carboxylic acid groups (broad SMARTS) is 1. The standard InChI is InChI=1S/C21H15FN6O2.Li/c1-11-8-24-16-7-4-13(9-27(11)16)18-17(12-2-5-14(22)6-3-12)26-19(23)20-25-15(21(29)30)10-28(18)20;/h2-10H,1H3,(H2,23,26)(H,29,30);/q;+1/p-1. The molecule has 0 atom stereocenters. The summed E-state index contributed by atoms with van der Waals surface area (Å²) in [4.78, 5) is 24.3. The van der Waals surface area contributed by atoms with Crippen molar-refractivity contribution in [2.24, 2.45) is 0 Å². The first-order valence-corrected chi connectivity index (χ1v) is 9.02. The third kappa shape index (κ3) is 3.34. The molecule has 1 aromatic carbocycles. The number of fused-ring (bicyclic) bond motifs is 2. The zero-order chi connectivity index (χ0) is 21.0. The minimum atomic E-state index is -1.42. The fourth-order valence-corrected chi connectivity index (χ4v) is 3.49. The largest absolute Gasteiger partial charge is 1.00 e. The zero-order valence-electron chi connectivity index (χ0n) is 16.7. The summed E-state index contributed by atoms with van der Waals surface area (Å²) in [5, 5.41) is 11.4. The number of nitrogens with zero attached hydrogens (tertiary/aromatic N) is 5. The molecule has 0 unspecified atom stereocenters. The van der Waals surface area contributed by atoms with Crippen molar-refractivity contribution in [1.82, 2.24) is 23.8 Å². The van der Waals surface area contributed by atoms with Gasteiger partial charge in [-0.2, -0.15) is 0 Å². The van der Waals surface area contributed by atoms with Crippen molar-refractivity contribution in [3.63, 3.8) is 0 Å². The van der Waals surface area contributed by atoms with E-state index in [1.54, 1.807) is 22.7 Å². The first kappa shape index (κ1) is 20.6. The van der Waals surface area contributed by atoms with E-state index in [1.165, 1.54) is 18.3 Å². The summed E-state index contributed by atoms with van der Waals surface area (Å²) >= 11 is 0. The third-order valence-electron chi connectivity index (χ3n) is 4.92. The van der Waals surface area contributed by atoms with Crippen molar-refractivity contribution >= 4 is 23.1 Å². The van der Waals surface area contributed by atoms with Gasteiger partial charge in [-0.1, -0.05) is 0 Å². The van der Waals surface area contributed by atoms with Crippen molar-refractivity contribution < 1.29 is 33.2 Å². The number of carbonyl (C=O) groups is 1. The van der Waals surface area contributed by atoms with Gasteiger partial charge in [-0.05, 0) is 43.3 Å². The van der Waals surface area contributed by atoms with Crippen LogP contribution in [0.4, 0.5) is 10.2 Å². The number of benzene rings is 1. The maximum atomic E-state index is 13.5. The summed E-state index contributed by atoms with van der Waals surface area (Å²) in [6.45, 7) is 1.92. The van der Waals surface area contributed by atoms with Gasteiger partial charge in [0.1, 0.15) is 17.2 Å². The summed E-state index contributed by atoms with van der Waals surface area (Å²) in [5.41, 5.74) is 10.1. The number of aromatic carboxylic acids is 1. The average Bonchev–Trinajstić information content (AvgIpc) is 3.33. The summed E-state index contributed by atoms with van der Waals surface area (Å²) in [6, 6.07) is 9.51. The second kappa shape index (κ2) is 7.54. The van der Waals surface area contributed by atoms with Gasteiger partial charge in [0.15, 0.2) is 11.5 Å². The Hall–Kier alpha value is -3.67. The average molecular weight is 408 g/mol. The van der Waals surface area contributed by atoms with Crippen LogP contribution in [0.1, 0.15) is 16.2 Å². The summed E-state index contributed by atoms with van der Waals surface area (Å²) < 4.78 is 17.0. The molecule has 31 heavy (non-hydrogen) atoms. The summed E-state index contributed by atoms with van der Waals surface area (Å²) in [7, 11) is 0. The van der Waals surface area contributed by atoms with Crippen LogP contribution in [0.15, 0.2) is 55.0 Å². The van der Waals surface area contributed by atoms with Crippen LogP contribution in [0, 0.1) is 12.7 Å². The molecule has 0 amide bonds. The van der Waals surface area contributed by atoms with Crippen LogP contribution in [0.2, 0.25) is 0 Å². The smallest absolute Gasteiger partial charge is 0.543 e. The molecule has 5 aromatic rings. The number of hydrogen-bond donors (Lipinski definition) is 1. The van der Waals surface area contributed by atoms with E-state index in [0.717, 1.165) is 16.9 Å². The molecule has 0 spiro atoms. The molecule has 0 aliphatic carbocycles. The van der Waals surface area contributed by atoms with Gasteiger partial charge in [0, 0.05) is 35.4 Å². The topological polar surface area (TPSA) is 114 Å². The predicted molar refractivity (Wildman–Crippen MR) is 106 cm³/mol. The Balaban J connectivity index is 0.00000231. The van der Waals surface area contributed by atoms with E-state index >= 15 is 0 Å². The molecule has 0 aliphatic heterocycles. The molecule has 5 rings (SSSR count). The second-order valence-electron chi connectivity index (χ2n) is 6.85. The number of carbonyl (C=O) groups excluding carboxylic acids is 1. The predicted octanol–water partition coefficient (Wildman–Crippen LogP) is -0.892. The fraction of sp³-hybridized carbons (Fsp3) is 0.0476. The van der Waals surface area contributed by atoms with Crippen molar-refractivity contribution in [1.29, 1.82) is 0 Å². The molecule has 4 heterocycles. The van der Waals surface area contributed by atoms with Crippen LogP contribution in [-0.2, 0) is 0 Å². The molecule has 0 bridgehead atoms. The van der Waals surface area contributed by atoms with Gasteiger partial charge in [0.05, 0.1) is 17.4 Å². The number of anilines is 1. The van der Waals surface area contributed by atoms with Gasteiger partial charge in [0.25, 0.3) is 0 Å². The monoisotopic (exact) mass is 408 g/mol. The van der Waals surface area contributed by atoms with Crippen molar-refractivity contribution in [2.75, 3.05) is 5.73 Å². The molecular formula is C21H14FLiN6O2. The number of aromatic nitrogens is 5. The van der Waals surface area contributed by atoms with Crippen LogP contribution < -0.4 is 29.7 Å². The van der Waals surface area contributed by atoms with Gasteiger partial charge in [-0.3, -0.25) is 4.40 Å². The van der Waals surface area contributed by atoms with Crippen LogP contribution in [0.3, 0.4) is 0 Å². The maximum absolute atomic E-state index is 13.5. The van der Waals surface area contributed by atoms with Crippen LogP contribution >= 0.6 is 0 Å². The summed E-state index contributed by atoms with van der Waals surface area (Å²) in [5.74, 6) is -1.76. The quantitative estimate of drug-likeness (QED) is 0.388. The second-order valence-corrected chi connectivity index (χ2v) is 6.85. The molecule has 2 N–H and O–H groups in total. The molecule has 4 aromatic heterocycles. The van der Waals surface area contributed by atoms with Crippen LogP contribution in [0.25, 0.3) is 33.8 Å². The molecule has 10 heteroatoms. The molecular weight excluding hydrogens is 394 g/mol. The van der Waals surface area contributed by atoms with Gasteiger partial charge in [0.2, 0.25) is 0 Å². The number of hydrogen-bond acceptors (Lipinski definition) is 6. The first-order chi connectivity index (χ1) is 14.4. The molecule has 0 fully saturated rings. The minimum Gasteiger partial charge on any atom is -0.543 e. The molecule has 0 radical (unpaired) electrons. The number of halogens is 1. The minimum absolute atomic E-state index is 0. The van der Waals surface area contributed by atoms with E-state index in [2.05, 4.69) is 15.0 Å². The van der Waals surface area contributed by atoms with Crippen LogP contribution in [0.5, 0.6) is 0 Å². The SMILES string of the molecule is Cc1cnc2ccc(-c3c(-c4ccc(F)cc4)nc(N)c4nc(C(=O)[O-])cn34)cn12.[Li+]. The number of carboxylic acids is 1. The maximum Gasteiger partial charge on any atom is 1.00 e. The van der Waals surface area contributed by atoms with E-state index in [4.69, 9.17) is 5.73 Å². The van der Waals surface area contributed by atoms with Crippen molar-refractivity contribution in [3.8, 4) is 22.5 Å². The van der Waals surface area contributed by atoms with Gasteiger partial charge in [-0.25, -0.2) is 19.3 Å². The van der Waals surface area contributed by atoms with Gasteiger partial charge in [-0.15, -0.1) is 0 Å². The number of imidazole rings is 2. The van der Waals surface area contributed by atoms with Gasteiger partial charge < -0.3 is 20.0 Å². The number of nitrogen functional groups attached to an aromatic ring is 1. The Morgan fingerprint density at radius 1 is 1.03 bits per heavy atom. The molecule has 148 valence electrons. The Labute approximate surface area is 187 Å². The molecule has 0 saturated carbocycles. The summed E-state index contributed by atoms with van der Waals surface area (Å²) in [6.07, 6.45) is 4.97. The third-order valence-corrected chi connectivity index (χ3v) is 4.92. The Bertz CT molecular complexity index is 1460. The van der Waals surface area contributed by atoms with Crippen molar-refractivity contribution in [2.45, 2.75) is 6.92 Å². The first-order valence-electron chi connectivity index (χ1n) is 9.02. The van der Waals surface area contributed by atoms with E-state index in [9.17, 15) is 14.3 Å². The fourth-order valence-electron chi connectivity index (χ4n) is 3.49. The van der Waals surface area contributed by atoms with E-state index in [-0.39, 0.29) is 41.8 Å². The van der Waals surface area contributed by atoms with E-state index in [0.29, 0.717) is 17.0 Å². The number of rotatable bonds is 3. The van der Waals surface area contributed by atoms with E-state index < -0.39 is 5.97 Å². The normalized spacial score (nSPS) is 11.0. The Morgan fingerprint density at radius 3 is 2.45 bits per heavy atom. The van der Waals surface area contributed by atoms with E-state index in [1.807, 2.05) is 29.7 Å². The Kier molecular flexibility index (Phi) is 5.01. The van der Waals surface area contributed by atoms with Gasteiger partial charge >= 0.3 is 18.9 Å². The van der Waals surface area contributed by atoms with Crippen molar-refractivity contribution in [3.05, 3.63) is 72.2 Å². The van der Waals surface area contributed by atoms with Crippen LogP contribution in [-0.4, -0.2) is 29.7 Å². The zero-order valence-corrected chi connectivity index (χ0v) is 16.7. The molecule has 8 nitrogen and oxygen atoms in total. The molecule has 0 aliphatic rings.